The molecule has 0 aliphatic rings. The third-order valence-corrected chi connectivity index (χ3v) is 2.70. The molecule has 0 unspecified atom stereocenters. The molecule has 2 aromatic heterocycles. The molecule has 0 bridgehead atoms. The number of amides is 1. The molecule has 1 amide bonds. The highest BCUT2D eigenvalue weighted by Gasteiger charge is 2.17. The standard InChI is InChI=1S/C11H14N4O2/c1-8-10(6-12-15(8)3)11(16)14(2)7-9-4-5-17-13-9/h4-6H,7H2,1-3H3. The molecule has 0 saturated heterocycles. The zero-order chi connectivity index (χ0) is 12.4. The highest BCUT2D eigenvalue weighted by atomic mass is 16.5. The first-order valence-electron chi connectivity index (χ1n) is 5.23. The van der Waals surface area contributed by atoms with Gasteiger partial charge in [0.05, 0.1) is 18.3 Å². The van der Waals surface area contributed by atoms with E-state index < -0.39 is 0 Å². The summed E-state index contributed by atoms with van der Waals surface area (Å²) >= 11 is 0. The summed E-state index contributed by atoms with van der Waals surface area (Å²) in [5, 5.41) is 7.82. The quantitative estimate of drug-likeness (QED) is 0.794. The van der Waals surface area contributed by atoms with Gasteiger partial charge in [0.25, 0.3) is 5.91 Å². The summed E-state index contributed by atoms with van der Waals surface area (Å²) in [6.07, 6.45) is 3.07. The van der Waals surface area contributed by atoms with E-state index in [1.165, 1.54) is 6.26 Å². The SMILES string of the molecule is Cc1c(C(=O)N(C)Cc2ccon2)cnn1C. The third-order valence-electron chi connectivity index (χ3n) is 2.70. The molecule has 0 atom stereocenters. The molecule has 0 fully saturated rings. The number of hydrogen-bond donors (Lipinski definition) is 0. The lowest BCUT2D eigenvalue weighted by Crippen LogP contribution is -2.26. The predicted octanol–water partition coefficient (Wildman–Crippen LogP) is 0.989. The fourth-order valence-corrected chi connectivity index (χ4v) is 1.55. The fraction of sp³-hybridized carbons (Fsp3) is 0.364. The molecule has 17 heavy (non-hydrogen) atoms. The van der Waals surface area contributed by atoms with Crippen molar-refractivity contribution < 1.29 is 9.32 Å². The summed E-state index contributed by atoms with van der Waals surface area (Å²) in [5.41, 5.74) is 2.18. The maximum absolute atomic E-state index is 12.1. The van der Waals surface area contributed by atoms with E-state index in [4.69, 9.17) is 4.52 Å². The van der Waals surface area contributed by atoms with Crippen LogP contribution < -0.4 is 0 Å². The summed E-state index contributed by atoms with van der Waals surface area (Å²) < 4.78 is 6.40. The van der Waals surface area contributed by atoms with Crippen LogP contribution in [0.25, 0.3) is 0 Å². The molecule has 0 aromatic carbocycles. The van der Waals surface area contributed by atoms with Gasteiger partial charge in [0, 0.05) is 25.9 Å². The lowest BCUT2D eigenvalue weighted by molar-refractivity contribution is 0.0781. The third kappa shape index (κ3) is 2.20. The highest BCUT2D eigenvalue weighted by molar-refractivity contribution is 5.94. The van der Waals surface area contributed by atoms with Crippen LogP contribution in [0.2, 0.25) is 0 Å². The number of carbonyl (C=O) groups is 1. The van der Waals surface area contributed by atoms with Gasteiger partial charge in [-0.3, -0.25) is 9.48 Å². The first-order valence-corrected chi connectivity index (χ1v) is 5.23. The van der Waals surface area contributed by atoms with Gasteiger partial charge in [-0.1, -0.05) is 5.16 Å². The first kappa shape index (κ1) is 11.4. The van der Waals surface area contributed by atoms with E-state index in [1.54, 1.807) is 28.9 Å². The maximum Gasteiger partial charge on any atom is 0.257 e. The number of aryl methyl sites for hydroxylation is 1. The van der Waals surface area contributed by atoms with E-state index in [0.29, 0.717) is 12.1 Å². The van der Waals surface area contributed by atoms with E-state index >= 15 is 0 Å². The predicted molar refractivity (Wildman–Crippen MR) is 60.2 cm³/mol. The zero-order valence-electron chi connectivity index (χ0n) is 10.0. The second kappa shape index (κ2) is 4.40. The average Bonchev–Trinajstić information content (AvgIpc) is 2.90. The second-order valence-corrected chi connectivity index (χ2v) is 3.92. The van der Waals surface area contributed by atoms with Gasteiger partial charge >= 0.3 is 0 Å². The van der Waals surface area contributed by atoms with E-state index in [2.05, 4.69) is 10.3 Å². The minimum Gasteiger partial charge on any atom is -0.364 e. The molecular weight excluding hydrogens is 220 g/mol. The van der Waals surface area contributed by atoms with Crippen molar-refractivity contribution in [3.63, 3.8) is 0 Å². The van der Waals surface area contributed by atoms with E-state index in [1.807, 2.05) is 14.0 Å². The van der Waals surface area contributed by atoms with Crippen LogP contribution in [0.5, 0.6) is 0 Å². The van der Waals surface area contributed by atoms with Crippen LogP contribution in [0, 0.1) is 6.92 Å². The Morgan fingerprint density at radius 1 is 1.59 bits per heavy atom. The normalized spacial score (nSPS) is 10.5. The van der Waals surface area contributed by atoms with Gasteiger partial charge in [-0.25, -0.2) is 0 Å². The maximum atomic E-state index is 12.1. The molecule has 2 rings (SSSR count). The minimum absolute atomic E-state index is 0.0707. The van der Waals surface area contributed by atoms with Crippen LogP contribution in [-0.2, 0) is 13.6 Å². The van der Waals surface area contributed by atoms with Gasteiger partial charge in [0.1, 0.15) is 12.0 Å². The Balaban J connectivity index is 2.12. The lowest BCUT2D eigenvalue weighted by atomic mass is 10.2. The van der Waals surface area contributed by atoms with Crippen molar-refractivity contribution in [1.29, 1.82) is 0 Å². The molecule has 90 valence electrons. The van der Waals surface area contributed by atoms with Crippen molar-refractivity contribution in [2.24, 2.45) is 7.05 Å². The van der Waals surface area contributed by atoms with Gasteiger partial charge in [-0.2, -0.15) is 5.10 Å². The fourth-order valence-electron chi connectivity index (χ4n) is 1.55. The smallest absolute Gasteiger partial charge is 0.257 e. The Labute approximate surface area is 98.8 Å². The number of carbonyl (C=O) groups excluding carboxylic acids is 1. The van der Waals surface area contributed by atoms with Crippen LogP contribution in [0.4, 0.5) is 0 Å². The van der Waals surface area contributed by atoms with Crippen molar-refractivity contribution in [3.8, 4) is 0 Å². The molecule has 6 heteroatoms. The largest absolute Gasteiger partial charge is 0.364 e. The summed E-state index contributed by atoms with van der Waals surface area (Å²) in [5.74, 6) is -0.0707. The van der Waals surface area contributed by atoms with Gasteiger partial charge < -0.3 is 9.42 Å². The van der Waals surface area contributed by atoms with Crippen molar-refractivity contribution in [1.82, 2.24) is 19.8 Å². The summed E-state index contributed by atoms with van der Waals surface area (Å²) in [7, 11) is 3.53. The van der Waals surface area contributed by atoms with E-state index in [0.717, 1.165) is 11.4 Å². The molecule has 0 aliphatic carbocycles. The zero-order valence-corrected chi connectivity index (χ0v) is 10.0. The second-order valence-electron chi connectivity index (χ2n) is 3.92. The number of nitrogens with zero attached hydrogens (tertiary/aromatic N) is 4. The van der Waals surface area contributed by atoms with Crippen LogP contribution in [0.1, 0.15) is 21.7 Å². The van der Waals surface area contributed by atoms with Gasteiger partial charge in [-0.05, 0) is 6.92 Å². The molecule has 2 aromatic rings. The number of hydrogen-bond acceptors (Lipinski definition) is 4. The van der Waals surface area contributed by atoms with Gasteiger partial charge in [-0.15, -0.1) is 0 Å². The molecule has 0 N–H and O–H groups in total. The average molecular weight is 234 g/mol. The van der Waals surface area contributed by atoms with Crippen molar-refractivity contribution in [2.45, 2.75) is 13.5 Å². The molecule has 0 spiro atoms. The van der Waals surface area contributed by atoms with Crippen LogP contribution in [0.3, 0.4) is 0 Å². The van der Waals surface area contributed by atoms with Crippen LogP contribution in [-0.4, -0.2) is 32.8 Å². The Hall–Kier alpha value is -2.11. The topological polar surface area (TPSA) is 64.2 Å². The van der Waals surface area contributed by atoms with E-state index in [9.17, 15) is 4.79 Å². The Kier molecular flexibility index (Phi) is 2.95. The van der Waals surface area contributed by atoms with Crippen LogP contribution >= 0.6 is 0 Å². The lowest BCUT2D eigenvalue weighted by Gasteiger charge is -2.14. The molecule has 0 saturated carbocycles. The summed E-state index contributed by atoms with van der Waals surface area (Å²) in [6, 6.07) is 1.74. The van der Waals surface area contributed by atoms with Gasteiger partial charge in [0.15, 0.2) is 0 Å². The summed E-state index contributed by atoms with van der Waals surface area (Å²) in [6.45, 7) is 2.29. The van der Waals surface area contributed by atoms with Crippen molar-refractivity contribution in [3.05, 3.63) is 35.5 Å². The molecular formula is C11H14N4O2. The van der Waals surface area contributed by atoms with Crippen LogP contribution in [0.15, 0.2) is 23.0 Å². The van der Waals surface area contributed by atoms with Crippen molar-refractivity contribution in [2.75, 3.05) is 7.05 Å². The Morgan fingerprint density at radius 2 is 2.35 bits per heavy atom. The Morgan fingerprint density at radius 3 is 2.88 bits per heavy atom. The molecule has 0 aliphatic heterocycles. The Bertz CT molecular complexity index is 516. The number of rotatable bonds is 3. The highest BCUT2D eigenvalue weighted by Crippen LogP contribution is 2.10. The minimum atomic E-state index is -0.0707. The molecule has 0 radical (unpaired) electrons. The summed E-state index contributed by atoms with van der Waals surface area (Å²) in [4.78, 5) is 13.7. The first-order chi connectivity index (χ1) is 8.09. The monoisotopic (exact) mass is 234 g/mol. The molecule has 2 heterocycles. The van der Waals surface area contributed by atoms with E-state index in [-0.39, 0.29) is 5.91 Å². The number of aromatic nitrogens is 3. The molecule has 6 nitrogen and oxygen atoms in total. The van der Waals surface area contributed by atoms with Gasteiger partial charge in [0.2, 0.25) is 0 Å². The van der Waals surface area contributed by atoms with Crippen molar-refractivity contribution >= 4 is 5.91 Å².